The average molecular weight is 434 g/mol. The van der Waals surface area contributed by atoms with Crippen LogP contribution >= 0.6 is 11.8 Å². The third-order valence-corrected chi connectivity index (χ3v) is 6.11. The van der Waals surface area contributed by atoms with E-state index in [0.717, 1.165) is 36.6 Å². The summed E-state index contributed by atoms with van der Waals surface area (Å²) >= 11 is 1.89. The Morgan fingerprint density at radius 1 is 1.30 bits per heavy atom. The minimum atomic E-state index is -0.380. The minimum absolute atomic E-state index is 0.0521. The molecule has 2 aliphatic rings. The first-order valence-corrected chi connectivity index (χ1v) is 11.4. The summed E-state index contributed by atoms with van der Waals surface area (Å²) < 4.78 is 28.2. The van der Waals surface area contributed by atoms with Crippen molar-refractivity contribution in [2.24, 2.45) is 0 Å². The molecule has 1 aromatic rings. The first-order valence-electron chi connectivity index (χ1n) is 10.3. The molecule has 0 aliphatic carbocycles. The van der Waals surface area contributed by atoms with Crippen molar-refractivity contribution < 1.29 is 13.6 Å². The molecule has 2 aliphatic heterocycles. The fourth-order valence-corrected chi connectivity index (χ4v) is 4.35. The van der Waals surface area contributed by atoms with Gasteiger partial charge in [0.2, 0.25) is 0 Å². The molecule has 0 saturated carbocycles. The van der Waals surface area contributed by atoms with Crippen molar-refractivity contribution in [3.8, 4) is 0 Å². The molecule has 0 atom stereocenters. The lowest BCUT2D eigenvalue weighted by Gasteiger charge is -2.23. The Morgan fingerprint density at radius 2 is 2.10 bits per heavy atom. The third kappa shape index (κ3) is 5.89. The molecule has 3 rings (SSSR count). The highest BCUT2D eigenvalue weighted by Crippen LogP contribution is 2.25. The van der Waals surface area contributed by atoms with Crippen molar-refractivity contribution in [3.63, 3.8) is 0 Å². The largest absolute Gasteiger partial charge is 0.336 e. The Kier molecular flexibility index (Phi) is 8.39. The molecule has 1 N–H and O–H groups in total. The summed E-state index contributed by atoms with van der Waals surface area (Å²) in [5, 5.41) is 0. The van der Waals surface area contributed by atoms with E-state index in [2.05, 4.69) is 18.5 Å². The highest BCUT2D eigenvalue weighted by molar-refractivity contribution is 7.99. The molecular formula is C23H29F2N3OS. The Balaban J connectivity index is 1.66. The topological polar surface area (TPSA) is 27.7 Å². The van der Waals surface area contributed by atoms with Crippen molar-refractivity contribution in [1.82, 2.24) is 15.3 Å². The Morgan fingerprint density at radius 3 is 2.80 bits per heavy atom. The lowest BCUT2D eigenvalue weighted by Crippen LogP contribution is -2.26. The number of nitrogens with one attached hydrogen (secondary N) is 1. The molecule has 0 aromatic heterocycles. The monoisotopic (exact) mass is 433 g/mol. The van der Waals surface area contributed by atoms with Crippen molar-refractivity contribution in [2.75, 3.05) is 18.6 Å². The zero-order chi connectivity index (χ0) is 21.3. The van der Waals surface area contributed by atoms with Gasteiger partial charge in [0.25, 0.3) is 0 Å². The molecule has 0 bridgehead atoms. The van der Waals surface area contributed by atoms with Gasteiger partial charge in [0.15, 0.2) is 0 Å². The first kappa shape index (κ1) is 22.4. The van der Waals surface area contributed by atoms with Crippen LogP contribution in [0.5, 0.6) is 0 Å². The van der Waals surface area contributed by atoms with Gasteiger partial charge in [0.05, 0.1) is 18.3 Å². The lowest BCUT2D eigenvalue weighted by atomic mass is 10.1. The van der Waals surface area contributed by atoms with Gasteiger partial charge in [-0.05, 0) is 42.9 Å². The minimum Gasteiger partial charge on any atom is -0.336 e. The number of hydrogen-bond donors (Lipinski definition) is 1. The molecule has 1 fully saturated rings. The van der Waals surface area contributed by atoms with Crippen molar-refractivity contribution in [3.05, 3.63) is 77.9 Å². The maximum absolute atomic E-state index is 14.8. The number of nitrogens with zero attached hydrogens (tertiary/aromatic N) is 2. The van der Waals surface area contributed by atoms with E-state index in [4.69, 9.17) is 4.84 Å². The molecular weight excluding hydrogens is 404 g/mol. The summed E-state index contributed by atoms with van der Waals surface area (Å²) in [5.74, 6) is 2.66. The van der Waals surface area contributed by atoms with Crippen LogP contribution in [0.25, 0.3) is 5.70 Å². The molecule has 7 heteroatoms. The quantitative estimate of drug-likeness (QED) is 0.544. The van der Waals surface area contributed by atoms with Crippen molar-refractivity contribution in [1.29, 1.82) is 0 Å². The van der Waals surface area contributed by atoms with Gasteiger partial charge in [-0.3, -0.25) is 10.3 Å². The van der Waals surface area contributed by atoms with Gasteiger partial charge in [-0.2, -0.15) is 11.8 Å². The Bertz CT molecular complexity index is 832. The molecule has 0 radical (unpaired) electrons. The average Bonchev–Trinajstić information content (AvgIpc) is 3.10. The number of rotatable bonds is 8. The number of hydrogen-bond acceptors (Lipinski definition) is 5. The van der Waals surface area contributed by atoms with Crippen LogP contribution in [0.15, 0.2) is 61.0 Å². The normalized spacial score (nSPS) is 19.5. The number of hydroxylamine groups is 1. The van der Waals surface area contributed by atoms with Crippen LogP contribution in [-0.2, 0) is 11.4 Å². The maximum Gasteiger partial charge on any atom is 0.128 e. The fourth-order valence-electron chi connectivity index (χ4n) is 3.28. The summed E-state index contributed by atoms with van der Waals surface area (Å²) in [6, 6.07) is 4.75. The Labute approximate surface area is 181 Å². The predicted molar refractivity (Wildman–Crippen MR) is 120 cm³/mol. The smallest absolute Gasteiger partial charge is 0.128 e. The van der Waals surface area contributed by atoms with E-state index in [1.807, 2.05) is 53.2 Å². The van der Waals surface area contributed by atoms with Gasteiger partial charge in [-0.1, -0.05) is 31.2 Å². The second kappa shape index (κ2) is 11.2. The van der Waals surface area contributed by atoms with Gasteiger partial charge >= 0.3 is 0 Å². The molecule has 2 heterocycles. The summed E-state index contributed by atoms with van der Waals surface area (Å²) in [6.07, 6.45) is 13.2. The van der Waals surface area contributed by atoms with Crippen LogP contribution in [0.3, 0.4) is 0 Å². The molecule has 0 amide bonds. The van der Waals surface area contributed by atoms with Crippen LogP contribution in [0.2, 0.25) is 0 Å². The molecule has 1 aromatic carbocycles. The summed E-state index contributed by atoms with van der Waals surface area (Å²) in [5.41, 5.74) is 3.76. The van der Waals surface area contributed by atoms with Crippen LogP contribution in [0.1, 0.15) is 37.3 Å². The van der Waals surface area contributed by atoms with E-state index >= 15 is 0 Å². The molecule has 1 saturated heterocycles. The standard InChI is InChI=1S/C23H29F2N3OS/c1-3-4-5-6-23-27(2)11-12-28(23)17-19-8-7-18(15-21(19)25)22(16-24)26-29-20-9-13-30-14-10-20/h4-8,11-12,15-16,20,26H,3,9-10,13-14,17H2,1-2H3/b5-4+,22-16-,23-6+. The van der Waals surface area contributed by atoms with E-state index in [1.54, 1.807) is 12.1 Å². The summed E-state index contributed by atoms with van der Waals surface area (Å²) in [6.45, 7) is 2.46. The molecule has 4 nitrogen and oxygen atoms in total. The van der Waals surface area contributed by atoms with E-state index in [1.165, 1.54) is 6.07 Å². The second-order valence-corrected chi connectivity index (χ2v) is 8.48. The highest BCUT2D eigenvalue weighted by atomic mass is 32.2. The number of thioether (sulfide) groups is 1. The van der Waals surface area contributed by atoms with Crippen LogP contribution in [-0.4, -0.2) is 34.5 Å². The van der Waals surface area contributed by atoms with Gasteiger partial charge in [-0.25, -0.2) is 8.78 Å². The summed E-state index contributed by atoms with van der Waals surface area (Å²) in [7, 11) is 1.95. The van der Waals surface area contributed by atoms with Crippen LogP contribution in [0, 0.1) is 5.82 Å². The van der Waals surface area contributed by atoms with E-state index in [9.17, 15) is 8.78 Å². The molecule has 30 heavy (non-hydrogen) atoms. The number of allylic oxidation sites excluding steroid dienone is 3. The maximum atomic E-state index is 14.8. The SMILES string of the molecule is CC/C=C/C=C1\N(C)C=CN1Cc1ccc(/C(=C/F)NOC2CCSCC2)cc1F. The van der Waals surface area contributed by atoms with Gasteiger partial charge in [0.1, 0.15) is 18.0 Å². The molecule has 0 unspecified atom stereocenters. The van der Waals surface area contributed by atoms with E-state index in [-0.39, 0.29) is 17.6 Å². The predicted octanol–water partition coefficient (Wildman–Crippen LogP) is 5.54. The zero-order valence-corrected chi connectivity index (χ0v) is 18.3. The first-order chi connectivity index (χ1) is 14.6. The second-order valence-electron chi connectivity index (χ2n) is 7.26. The van der Waals surface area contributed by atoms with Gasteiger partial charge < -0.3 is 9.80 Å². The zero-order valence-electron chi connectivity index (χ0n) is 17.5. The summed E-state index contributed by atoms with van der Waals surface area (Å²) in [4.78, 5) is 9.58. The lowest BCUT2D eigenvalue weighted by molar-refractivity contribution is 0.000311. The third-order valence-electron chi connectivity index (χ3n) is 5.06. The molecule has 162 valence electrons. The Hall–Kier alpha value is -2.25. The number of benzene rings is 1. The van der Waals surface area contributed by atoms with Crippen LogP contribution in [0.4, 0.5) is 8.78 Å². The molecule has 0 spiro atoms. The number of halogens is 2. The highest BCUT2D eigenvalue weighted by Gasteiger charge is 2.19. The van der Waals surface area contributed by atoms with E-state index < -0.39 is 0 Å². The van der Waals surface area contributed by atoms with Crippen molar-refractivity contribution >= 4 is 17.5 Å². The van der Waals surface area contributed by atoms with Crippen molar-refractivity contribution in [2.45, 2.75) is 38.8 Å². The van der Waals surface area contributed by atoms with Gasteiger partial charge in [-0.15, -0.1) is 0 Å². The van der Waals surface area contributed by atoms with Crippen LogP contribution < -0.4 is 5.48 Å². The van der Waals surface area contributed by atoms with E-state index in [0.29, 0.717) is 24.0 Å². The van der Waals surface area contributed by atoms with Gasteiger partial charge in [0, 0.05) is 30.6 Å². The fraction of sp³-hybridized carbons (Fsp3) is 0.391.